The van der Waals surface area contributed by atoms with Gasteiger partial charge in [-0.2, -0.15) is 0 Å². The lowest BCUT2D eigenvalue weighted by Crippen LogP contribution is -2.28. The Labute approximate surface area is 337 Å². The van der Waals surface area contributed by atoms with E-state index in [4.69, 9.17) is 14.2 Å². The highest BCUT2D eigenvalue weighted by Crippen LogP contribution is 2.35. The topological polar surface area (TPSA) is 99.1 Å². The Morgan fingerprint density at radius 1 is 0.611 bits per heavy atom. The highest BCUT2D eigenvalue weighted by atomic mass is 79.9. The summed E-state index contributed by atoms with van der Waals surface area (Å²) in [5, 5.41) is 14.2. The molecule has 0 saturated carbocycles. The molecule has 0 aliphatic rings. The molecule has 0 aliphatic carbocycles. The second-order valence-electron chi connectivity index (χ2n) is 14.2. The molecule has 4 rings (SSSR count). The van der Waals surface area contributed by atoms with Gasteiger partial charge >= 0.3 is 11.9 Å². The SMILES string of the molecule is COc1c(Br)cc(CCCCCCCCCC(=O)O[C@@H](CO)COC(=O)CCCCCCCCCC(=O)c2ccc3cc4ccccc4cc3c2)cc1Br. The van der Waals surface area contributed by atoms with Crippen LogP contribution >= 0.6 is 31.9 Å². The normalized spacial score (nSPS) is 11.9. The quantitative estimate of drug-likeness (QED) is 0.0290. The third kappa shape index (κ3) is 15.1. The number of ketones is 1. The molecule has 4 aromatic carbocycles. The van der Waals surface area contributed by atoms with Crippen molar-refractivity contribution in [3.63, 3.8) is 0 Å². The zero-order chi connectivity index (χ0) is 38.5. The van der Waals surface area contributed by atoms with Crippen LogP contribution in [-0.4, -0.2) is 49.3 Å². The number of halogens is 2. The van der Waals surface area contributed by atoms with E-state index in [9.17, 15) is 19.5 Å². The maximum Gasteiger partial charge on any atom is 0.306 e. The smallest absolute Gasteiger partial charge is 0.306 e. The van der Waals surface area contributed by atoms with Gasteiger partial charge in [-0.15, -0.1) is 0 Å². The summed E-state index contributed by atoms with van der Waals surface area (Å²) in [4.78, 5) is 37.3. The van der Waals surface area contributed by atoms with Gasteiger partial charge in [0.05, 0.1) is 22.7 Å². The van der Waals surface area contributed by atoms with Crippen molar-refractivity contribution in [3.05, 3.63) is 86.8 Å². The number of aryl methyl sites for hydroxylation is 1. The molecule has 0 aromatic heterocycles. The number of rotatable bonds is 26. The Bertz CT molecular complexity index is 1770. The minimum Gasteiger partial charge on any atom is -0.494 e. The standard InChI is InChI=1S/C45H56Br2O7/c1-52-45-40(46)26-33(27-41(45)47)18-12-8-4-2-7-11-15-23-44(51)54-39(31-48)32-53-43(50)22-14-10-6-3-5-9-13-21-42(49)37-25-24-36-28-34-19-16-17-20-35(34)29-38(36)30-37/h16-17,19-20,24-30,39,48H,2-15,18,21-23,31-32H2,1H3/t39-/m0/s1. The molecule has 54 heavy (non-hydrogen) atoms. The van der Waals surface area contributed by atoms with E-state index in [1.165, 1.54) is 16.3 Å². The van der Waals surface area contributed by atoms with Gasteiger partial charge in [-0.05, 0) is 121 Å². The molecule has 0 radical (unpaired) electrons. The summed E-state index contributed by atoms with van der Waals surface area (Å²) in [5.74, 6) is 0.302. The first-order valence-corrected chi connectivity index (χ1v) is 21.3. The lowest BCUT2D eigenvalue weighted by Gasteiger charge is -2.15. The Hall–Kier alpha value is -3.27. The number of carbonyl (C=O) groups excluding carboxylic acids is 3. The summed E-state index contributed by atoms with van der Waals surface area (Å²) >= 11 is 7.13. The van der Waals surface area contributed by atoms with E-state index in [2.05, 4.69) is 68.3 Å². The van der Waals surface area contributed by atoms with Gasteiger partial charge in [-0.1, -0.05) is 101 Å². The third-order valence-electron chi connectivity index (χ3n) is 9.85. The van der Waals surface area contributed by atoms with Crippen LogP contribution in [-0.2, 0) is 25.5 Å². The maximum atomic E-state index is 12.8. The molecule has 0 amide bonds. The molecule has 4 aromatic rings. The molecule has 1 atom stereocenters. The predicted molar refractivity (Wildman–Crippen MR) is 224 cm³/mol. The molecule has 0 bridgehead atoms. The number of methoxy groups -OCH3 is 1. The summed E-state index contributed by atoms with van der Waals surface area (Å²) in [7, 11) is 1.66. The van der Waals surface area contributed by atoms with Crippen LogP contribution in [0, 0.1) is 0 Å². The van der Waals surface area contributed by atoms with Crippen LogP contribution in [0.1, 0.15) is 125 Å². The number of hydrogen-bond acceptors (Lipinski definition) is 7. The van der Waals surface area contributed by atoms with Crippen molar-refractivity contribution in [2.24, 2.45) is 0 Å². The van der Waals surface area contributed by atoms with Crippen molar-refractivity contribution in [2.75, 3.05) is 20.3 Å². The fraction of sp³-hybridized carbons (Fsp3) is 0.489. The molecule has 0 fully saturated rings. The number of unbranched alkanes of at least 4 members (excludes halogenated alkanes) is 12. The van der Waals surface area contributed by atoms with Gasteiger partial charge in [0, 0.05) is 24.8 Å². The lowest BCUT2D eigenvalue weighted by atomic mass is 9.98. The number of carbonyl (C=O) groups is 3. The van der Waals surface area contributed by atoms with E-state index >= 15 is 0 Å². The number of ether oxygens (including phenoxy) is 3. The molecule has 0 aliphatic heterocycles. The first kappa shape index (κ1) is 43.5. The fourth-order valence-corrected chi connectivity index (χ4v) is 8.36. The molecular weight excluding hydrogens is 812 g/mol. The Morgan fingerprint density at radius 3 is 1.72 bits per heavy atom. The number of aliphatic hydroxyl groups excluding tert-OH is 1. The van der Waals surface area contributed by atoms with Crippen LogP contribution in [0.4, 0.5) is 0 Å². The fourth-order valence-electron chi connectivity index (χ4n) is 6.76. The van der Waals surface area contributed by atoms with Crippen molar-refractivity contribution < 1.29 is 33.7 Å². The Kier molecular flexibility index (Phi) is 19.5. The first-order chi connectivity index (χ1) is 26.3. The highest BCUT2D eigenvalue weighted by molar-refractivity contribution is 9.11. The van der Waals surface area contributed by atoms with E-state index in [1.54, 1.807) is 7.11 Å². The second-order valence-corrected chi connectivity index (χ2v) is 15.9. The van der Waals surface area contributed by atoms with Crippen molar-refractivity contribution in [1.82, 2.24) is 0 Å². The van der Waals surface area contributed by atoms with Crippen molar-refractivity contribution >= 4 is 71.1 Å². The lowest BCUT2D eigenvalue weighted by molar-refractivity contribution is -0.161. The van der Waals surface area contributed by atoms with Gasteiger partial charge in [-0.3, -0.25) is 14.4 Å². The van der Waals surface area contributed by atoms with Crippen LogP contribution in [0.3, 0.4) is 0 Å². The molecule has 1 N–H and O–H groups in total. The number of esters is 2. The Morgan fingerprint density at radius 2 is 1.13 bits per heavy atom. The second kappa shape index (κ2) is 24.3. The molecule has 0 unspecified atom stereocenters. The molecule has 7 nitrogen and oxygen atoms in total. The van der Waals surface area contributed by atoms with Crippen molar-refractivity contribution in [3.8, 4) is 5.75 Å². The van der Waals surface area contributed by atoms with Crippen LogP contribution in [0.15, 0.2) is 75.7 Å². The van der Waals surface area contributed by atoms with Gasteiger partial charge in [0.25, 0.3) is 0 Å². The highest BCUT2D eigenvalue weighted by Gasteiger charge is 2.16. The molecule has 9 heteroatoms. The average Bonchev–Trinajstić information content (AvgIpc) is 3.16. The van der Waals surface area contributed by atoms with Crippen molar-refractivity contribution in [1.29, 1.82) is 0 Å². The summed E-state index contributed by atoms with van der Waals surface area (Å²) in [6.45, 7) is -0.505. The monoisotopic (exact) mass is 866 g/mol. The number of benzene rings is 4. The number of aliphatic hydroxyl groups is 1. The van der Waals surface area contributed by atoms with Gasteiger partial charge in [0.1, 0.15) is 12.4 Å². The zero-order valence-corrected chi connectivity index (χ0v) is 34.9. The summed E-state index contributed by atoms with van der Waals surface area (Å²) in [5.41, 5.74) is 2.05. The summed E-state index contributed by atoms with van der Waals surface area (Å²) in [6, 6.07) is 22.8. The summed E-state index contributed by atoms with van der Waals surface area (Å²) < 4.78 is 17.9. The zero-order valence-electron chi connectivity index (χ0n) is 31.7. The molecular formula is C45H56Br2O7. The summed E-state index contributed by atoms with van der Waals surface area (Å²) in [6.07, 6.45) is 15.4. The molecule has 0 heterocycles. The molecule has 0 spiro atoms. The van der Waals surface area contributed by atoms with Gasteiger partial charge in [0.2, 0.25) is 0 Å². The van der Waals surface area contributed by atoms with E-state index in [-0.39, 0.29) is 30.9 Å². The predicted octanol–water partition coefficient (Wildman–Crippen LogP) is 12.0. The average molecular weight is 869 g/mol. The van der Waals surface area contributed by atoms with Crippen LogP contribution in [0.25, 0.3) is 21.5 Å². The largest absolute Gasteiger partial charge is 0.494 e. The van der Waals surface area contributed by atoms with Gasteiger partial charge in [0.15, 0.2) is 11.9 Å². The molecule has 292 valence electrons. The van der Waals surface area contributed by atoms with Crippen molar-refractivity contribution in [2.45, 2.75) is 122 Å². The van der Waals surface area contributed by atoms with E-state index < -0.39 is 6.10 Å². The van der Waals surface area contributed by atoms with Crippen LogP contribution in [0.5, 0.6) is 5.75 Å². The third-order valence-corrected chi connectivity index (χ3v) is 11.0. The van der Waals surface area contributed by atoms with Gasteiger partial charge in [-0.25, -0.2) is 0 Å². The number of Topliss-reactive ketones (excluding diaryl/α,β-unsaturated/α-hetero) is 1. The van der Waals surface area contributed by atoms with E-state index in [1.807, 2.05) is 30.3 Å². The van der Waals surface area contributed by atoms with Crippen LogP contribution < -0.4 is 4.74 Å². The number of fused-ring (bicyclic) bond motifs is 2. The number of hydrogen-bond donors (Lipinski definition) is 1. The minimum atomic E-state index is -0.832. The molecule has 0 saturated heterocycles. The van der Waals surface area contributed by atoms with E-state index in [0.717, 1.165) is 127 Å². The Balaban J connectivity index is 0.944. The van der Waals surface area contributed by atoms with E-state index in [0.29, 0.717) is 19.3 Å². The minimum absolute atomic E-state index is 0.125. The van der Waals surface area contributed by atoms with Crippen LogP contribution in [0.2, 0.25) is 0 Å². The first-order valence-electron chi connectivity index (χ1n) is 19.7. The van der Waals surface area contributed by atoms with Gasteiger partial charge < -0.3 is 19.3 Å². The maximum absolute atomic E-state index is 12.8.